The van der Waals surface area contributed by atoms with Gasteiger partial charge in [0.2, 0.25) is 0 Å². The smallest absolute Gasteiger partial charge is 0.168 e. The fourth-order valence-corrected chi connectivity index (χ4v) is 2.64. The summed E-state index contributed by atoms with van der Waals surface area (Å²) in [6.07, 6.45) is 1.62. The van der Waals surface area contributed by atoms with Crippen molar-refractivity contribution in [2.45, 2.75) is 47.0 Å². The van der Waals surface area contributed by atoms with Crippen LogP contribution in [0.3, 0.4) is 0 Å². The molecule has 1 atom stereocenters. The fraction of sp³-hybridized carbons (Fsp3) is 0.588. The van der Waals surface area contributed by atoms with E-state index in [2.05, 4.69) is 27.7 Å². The first-order valence-corrected chi connectivity index (χ1v) is 7.06. The lowest BCUT2D eigenvalue weighted by atomic mass is 9.83. The molecule has 0 spiro atoms. The second-order valence-electron chi connectivity index (χ2n) is 6.72. The van der Waals surface area contributed by atoms with Gasteiger partial charge in [-0.3, -0.25) is 4.79 Å². The van der Waals surface area contributed by atoms with Crippen molar-refractivity contribution in [3.8, 4) is 5.75 Å². The molecule has 0 radical (unpaired) electrons. The van der Waals surface area contributed by atoms with Crippen LogP contribution in [0.25, 0.3) is 0 Å². The summed E-state index contributed by atoms with van der Waals surface area (Å²) in [7, 11) is 1.43. The zero-order chi connectivity index (χ0) is 15.3. The molecule has 0 saturated heterocycles. The molecule has 1 rings (SSSR count). The number of methoxy groups -OCH3 is 1. The van der Waals surface area contributed by atoms with E-state index in [1.54, 1.807) is 18.2 Å². The van der Waals surface area contributed by atoms with Gasteiger partial charge in [0, 0.05) is 12.8 Å². The van der Waals surface area contributed by atoms with Gasteiger partial charge in [0.05, 0.1) is 7.11 Å². The molecule has 112 valence electrons. The molecule has 20 heavy (non-hydrogen) atoms. The number of hydrogen-bond acceptors (Lipinski definition) is 2. The first-order valence-electron chi connectivity index (χ1n) is 7.06. The Kier molecular flexibility index (Phi) is 5.73. The summed E-state index contributed by atoms with van der Waals surface area (Å²) in [5, 5.41) is 0. The molecule has 0 aliphatic carbocycles. The van der Waals surface area contributed by atoms with Crippen molar-refractivity contribution in [2.75, 3.05) is 7.11 Å². The minimum atomic E-state index is -0.424. The highest BCUT2D eigenvalue weighted by Gasteiger charge is 2.19. The summed E-state index contributed by atoms with van der Waals surface area (Å²) < 4.78 is 18.9. The van der Waals surface area contributed by atoms with Gasteiger partial charge in [-0.05, 0) is 29.4 Å². The maximum absolute atomic E-state index is 14.0. The maximum atomic E-state index is 14.0. The van der Waals surface area contributed by atoms with E-state index < -0.39 is 5.82 Å². The number of halogens is 1. The van der Waals surface area contributed by atoms with Crippen LogP contribution >= 0.6 is 0 Å². The Morgan fingerprint density at radius 3 is 2.55 bits per heavy atom. The van der Waals surface area contributed by atoms with E-state index in [0.29, 0.717) is 17.9 Å². The van der Waals surface area contributed by atoms with Gasteiger partial charge in [0.1, 0.15) is 5.78 Å². The first kappa shape index (κ1) is 16.7. The second kappa shape index (κ2) is 6.87. The molecule has 0 aromatic heterocycles. The number of ketones is 1. The third kappa shape index (κ3) is 5.32. The van der Waals surface area contributed by atoms with Gasteiger partial charge in [0.15, 0.2) is 11.6 Å². The van der Waals surface area contributed by atoms with Crippen LogP contribution in [0, 0.1) is 17.2 Å². The zero-order valence-corrected chi connectivity index (χ0v) is 13.1. The van der Waals surface area contributed by atoms with E-state index in [1.807, 2.05) is 0 Å². The van der Waals surface area contributed by atoms with E-state index in [-0.39, 0.29) is 23.4 Å². The van der Waals surface area contributed by atoms with E-state index in [1.165, 1.54) is 7.11 Å². The number of ether oxygens (including phenoxy) is 1. The molecule has 1 aromatic carbocycles. The molecule has 0 aliphatic rings. The van der Waals surface area contributed by atoms with Crippen LogP contribution in [0.4, 0.5) is 4.39 Å². The largest absolute Gasteiger partial charge is 0.494 e. The number of benzene rings is 1. The number of carbonyl (C=O) groups is 1. The maximum Gasteiger partial charge on any atom is 0.168 e. The first-order chi connectivity index (χ1) is 9.23. The Labute approximate surface area is 121 Å². The minimum Gasteiger partial charge on any atom is -0.494 e. The molecule has 0 N–H and O–H groups in total. The number of Topliss-reactive ketones (excluding diaryl/α,β-unsaturated/α-hetero) is 1. The van der Waals surface area contributed by atoms with E-state index in [0.717, 1.165) is 6.42 Å². The fourth-order valence-electron chi connectivity index (χ4n) is 2.64. The standard InChI is InChI=1S/C17H25FO2/c1-12(11-17(2,3)4)9-14(19)10-13-7-6-8-15(20-5)16(13)18/h6-8,12H,9-11H2,1-5H3. The average Bonchev–Trinajstić information content (AvgIpc) is 2.29. The van der Waals surface area contributed by atoms with Gasteiger partial charge in [-0.1, -0.05) is 39.8 Å². The van der Waals surface area contributed by atoms with Gasteiger partial charge in [0.25, 0.3) is 0 Å². The molecule has 0 aliphatic heterocycles. The Balaban J connectivity index is 2.63. The molecule has 0 saturated carbocycles. The van der Waals surface area contributed by atoms with Gasteiger partial charge >= 0.3 is 0 Å². The van der Waals surface area contributed by atoms with Crippen LogP contribution < -0.4 is 4.74 Å². The molecule has 1 unspecified atom stereocenters. The van der Waals surface area contributed by atoms with Crippen LogP contribution in [0.2, 0.25) is 0 Å². The Bertz CT molecular complexity index is 461. The second-order valence-corrected chi connectivity index (χ2v) is 6.72. The summed E-state index contributed by atoms with van der Waals surface area (Å²) in [5.41, 5.74) is 0.623. The highest BCUT2D eigenvalue weighted by Crippen LogP contribution is 2.27. The quantitative estimate of drug-likeness (QED) is 0.771. The zero-order valence-electron chi connectivity index (χ0n) is 13.1. The van der Waals surface area contributed by atoms with Crippen LogP contribution in [-0.4, -0.2) is 12.9 Å². The summed E-state index contributed by atoms with van der Waals surface area (Å²) in [6.45, 7) is 8.56. The predicted molar refractivity (Wildman–Crippen MR) is 79.5 cm³/mol. The van der Waals surface area contributed by atoms with Crippen molar-refractivity contribution in [3.05, 3.63) is 29.6 Å². The molecular weight excluding hydrogens is 255 g/mol. The number of rotatable bonds is 6. The van der Waals surface area contributed by atoms with Crippen molar-refractivity contribution in [1.29, 1.82) is 0 Å². The van der Waals surface area contributed by atoms with E-state index in [4.69, 9.17) is 4.74 Å². The summed E-state index contributed by atoms with van der Waals surface area (Å²) in [6, 6.07) is 4.92. The lowest BCUT2D eigenvalue weighted by molar-refractivity contribution is -0.119. The van der Waals surface area contributed by atoms with Gasteiger partial charge in [-0.2, -0.15) is 0 Å². The average molecular weight is 280 g/mol. The molecule has 0 heterocycles. The van der Waals surface area contributed by atoms with Crippen molar-refractivity contribution >= 4 is 5.78 Å². The van der Waals surface area contributed by atoms with Gasteiger partial charge in [-0.15, -0.1) is 0 Å². The lowest BCUT2D eigenvalue weighted by Gasteiger charge is -2.22. The normalized spacial score (nSPS) is 13.1. The molecule has 2 nitrogen and oxygen atoms in total. The Morgan fingerprint density at radius 1 is 1.35 bits per heavy atom. The third-order valence-electron chi connectivity index (χ3n) is 3.19. The van der Waals surface area contributed by atoms with Crippen molar-refractivity contribution < 1.29 is 13.9 Å². The minimum absolute atomic E-state index is 0.0777. The highest BCUT2D eigenvalue weighted by atomic mass is 19.1. The van der Waals surface area contributed by atoms with Crippen LogP contribution in [0.5, 0.6) is 5.75 Å². The summed E-state index contributed by atoms with van der Waals surface area (Å²) >= 11 is 0. The molecule has 0 bridgehead atoms. The SMILES string of the molecule is COc1cccc(CC(=O)CC(C)CC(C)(C)C)c1F. The number of carbonyl (C=O) groups excluding carboxylic acids is 1. The Morgan fingerprint density at radius 2 is 2.00 bits per heavy atom. The van der Waals surface area contributed by atoms with Crippen LogP contribution in [-0.2, 0) is 11.2 Å². The summed E-state index contributed by atoms with van der Waals surface area (Å²) in [5.74, 6) is 0.162. The van der Waals surface area contributed by atoms with Crippen molar-refractivity contribution in [3.63, 3.8) is 0 Å². The summed E-state index contributed by atoms with van der Waals surface area (Å²) in [4.78, 5) is 12.1. The molecule has 1 aromatic rings. The van der Waals surface area contributed by atoms with Crippen molar-refractivity contribution in [1.82, 2.24) is 0 Å². The molecular formula is C17H25FO2. The molecule has 0 fully saturated rings. The molecule has 0 amide bonds. The monoisotopic (exact) mass is 280 g/mol. The van der Waals surface area contributed by atoms with E-state index >= 15 is 0 Å². The van der Waals surface area contributed by atoms with Gasteiger partial charge < -0.3 is 4.74 Å². The highest BCUT2D eigenvalue weighted by molar-refractivity contribution is 5.81. The van der Waals surface area contributed by atoms with Crippen LogP contribution in [0.15, 0.2) is 18.2 Å². The van der Waals surface area contributed by atoms with Crippen molar-refractivity contribution in [2.24, 2.45) is 11.3 Å². The van der Waals surface area contributed by atoms with Gasteiger partial charge in [-0.25, -0.2) is 4.39 Å². The Hall–Kier alpha value is -1.38. The number of hydrogen-bond donors (Lipinski definition) is 0. The molecule has 3 heteroatoms. The third-order valence-corrected chi connectivity index (χ3v) is 3.19. The predicted octanol–water partition coefficient (Wildman–Crippen LogP) is 4.41. The topological polar surface area (TPSA) is 26.3 Å². The van der Waals surface area contributed by atoms with Crippen LogP contribution in [0.1, 0.15) is 46.1 Å². The van der Waals surface area contributed by atoms with E-state index in [9.17, 15) is 9.18 Å². The lowest BCUT2D eigenvalue weighted by Crippen LogP contribution is -2.15.